The van der Waals surface area contributed by atoms with E-state index in [4.69, 9.17) is 0 Å². The first-order valence-corrected chi connectivity index (χ1v) is 11.0. The van der Waals surface area contributed by atoms with Crippen LogP contribution in [0.5, 0.6) is 0 Å². The molecule has 2 aliphatic carbocycles. The van der Waals surface area contributed by atoms with Gasteiger partial charge in [0.05, 0.1) is 12.6 Å². The summed E-state index contributed by atoms with van der Waals surface area (Å²) in [6.45, 7) is 8.47. The van der Waals surface area contributed by atoms with Crippen molar-refractivity contribution in [2.24, 2.45) is 5.92 Å². The van der Waals surface area contributed by atoms with Crippen molar-refractivity contribution in [3.8, 4) is 0 Å². The van der Waals surface area contributed by atoms with Gasteiger partial charge in [0.25, 0.3) is 5.91 Å². The summed E-state index contributed by atoms with van der Waals surface area (Å²) in [7, 11) is 0. The second kappa shape index (κ2) is 8.24. The maximum absolute atomic E-state index is 13.3. The molecule has 1 saturated carbocycles. The van der Waals surface area contributed by atoms with Crippen molar-refractivity contribution in [1.82, 2.24) is 14.7 Å². The van der Waals surface area contributed by atoms with Crippen LogP contribution < -0.4 is 0 Å². The summed E-state index contributed by atoms with van der Waals surface area (Å²) in [4.78, 5) is 32.3. The van der Waals surface area contributed by atoms with E-state index in [1.165, 1.54) is 30.4 Å². The summed E-state index contributed by atoms with van der Waals surface area (Å²) in [5.41, 5.74) is 3.58. The van der Waals surface area contributed by atoms with Gasteiger partial charge in [0.2, 0.25) is 5.91 Å². The Hall–Kier alpha value is -1.88. The highest BCUT2D eigenvalue weighted by Gasteiger charge is 2.42. The summed E-state index contributed by atoms with van der Waals surface area (Å²) < 4.78 is 0. The Labute approximate surface area is 168 Å². The van der Waals surface area contributed by atoms with Gasteiger partial charge >= 0.3 is 0 Å². The molecule has 2 amide bonds. The van der Waals surface area contributed by atoms with Crippen molar-refractivity contribution < 1.29 is 9.59 Å². The van der Waals surface area contributed by atoms with Gasteiger partial charge in [-0.3, -0.25) is 14.5 Å². The van der Waals surface area contributed by atoms with E-state index in [2.05, 4.69) is 35.8 Å². The molecular weight excluding hydrogens is 350 g/mol. The predicted molar refractivity (Wildman–Crippen MR) is 110 cm³/mol. The Kier molecular flexibility index (Phi) is 5.72. The van der Waals surface area contributed by atoms with E-state index in [1.54, 1.807) is 0 Å². The van der Waals surface area contributed by atoms with Crippen LogP contribution in [0.15, 0.2) is 18.2 Å². The fourth-order valence-corrected chi connectivity index (χ4v) is 4.78. The number of nitrogens with zero attached hydrogens (tertiary/aromatic N) is 3. The number of carbonyl (C=O) groups excluding carboxylic acids is 2. The van der Waals surface area contributed by atoms with E-state index in [9.17, 15) is 9.59 Å². The second-order valence-corrected chi connectivity index (χ2v) is 8.54. The zero-order valence-electron chi connectivity index (χ0n) is 17.3. The van der Waals surface area contributed by atoms with Gasteiger partial charge in [-0.1, -0.05) is 19.9 Å². The lowest BCUT2D eigenvalue weighted by molar-refractivity contribution is -0.135. The summed E-state index contributed by atoms with van der Waals surface area (Å²) in [6.07, 6.45) is 5.79. The summed E-state index contributed by atoms with van der Waals surface area (Å²) in [5.74, 6) is 0.920. The molecule has 1 aliphatic heterocycles. The molecule has 5 heteroatoms. The zero-order valence-corrected chi connectivity index (χ0v) is 17.3. The molecular formula is C23H33N3O2. The Balaban J connectivity index is 1.45. The minimum Gasteiger partial charge on any atom is -0.338 e. The van der Waals surface area contributed by atoms with Crippen molar-refractivity contribution in [2.45, 2.75) is 52.0 Å². The fourth-order valence-electron chi connectivity index (χ4n) is 4.78. The molecule has 1 atom stereocenters. The number of amides is 2. The van der Waals surface area contributed by atoms with Crippen molar-refractivity contribution >= 4 is 11.8 Å². The number of hydrogen-bond donors (Lipinski definition) is 0. The number of fused-ring (bicyclic) bond motifs is 1. The lowest BCUT2D eigenvalue weighted by Crippen LogP contribution is -2.58. The number of likely N-dealkylation sites (N-methyl/N-ethyl adjacent to an activating group) is 1. The second-order valence-electron chi connectivity index (χ2n) is 8.54. The molecule has 0 N–H and O–H groups in total. The van der Waals surface area contributed by atoms with Gasteiger partial charge in [0, 0.05) is 25.2 Å². The van der Waals surface area contributed by atoms with Crippen LogP contribution >= 0.6 is 0 Å². The quantitative estimate of drug-likeness (QED) is 0.758. The van der Waals surface area contributed by atoms with Gasteiger partial charge in [0.1, 0.15) is 0 Å². The Morgan fingerprint density at radius 3 is 2.54 bits per heavy atom. The largest absolute Gasteiger partial charge is 0.338 e. The molecule has 1 heterocycles. The molecule has 1 saturated heterocycles. The van der Waals surface area contributed by atoms with Gasteiger partial charge in [-0.05, 0) is 74.4 Å². The Morgan fingerprint density at radius 1 is 1.07 bits per heavy atom. The van der Waals surface area contributed by atoms with Crippen molar-refractivity contribution in [3.05, 3.63) is 34.9 Å². The first kappa shape index (κ1) is 19.4. The number of carbonyl (C=O) groups is 2. The van der Waals surface area contributed by atoms with Crippen LogP contribution in [0, 0.1) is 5.92 Å². The fraction of sp³-hybridized carbons (Fsp3) is 0.652. The van der Waals surface area contributed by atoms with E-state index >= 15 is 0 Å². The summed E-state index contributed by atoms with van der Waals surface area (Å²) in [6, 6.07) is 6.45. The Morgan fingerprint density at radius 2 is 1.82 bits per heavy atom. The van der Waals surface area contributed by atoms with Crippen molar-refractivity contribution in [1.29, 1.82) is 0 Å². The first-order chi connectivity index (χ1) is 13.6. The molecule has 1 aromatic rings. The highest BCUT2D eigenvalue weighted by Crippen LogP contribution is 2.37. The van der Waals surface area contributed by atoms with Crippen LogP contribution in [0.25, 0.3) is 0 Å². The molecule has 1 aromatic carbocycles. The molecule has 0 spiro atoms. The monoisotopic (exact) mass is 383 g/mol. The zero-order chi connectivity index (χ0) is 19.7. The van der Waals surface area contributed by atoms with Crippen LogP contribution in [-0.2, 0) is 17.6 Å². The summed E-state index contributed by atoms with van der Waals surface area (Å²) >= 11 is 0. The predicted octanol–water partition coefficient (Wildman–Crippen LogP) is 2.58. The van der Waals surface area contributed by atoms with E-state index in [0.717, 1.165) is 31.5 Å². The van der Waals surface area contributed by atoms with Gasteiger partial charge in [-0.15, -0.1) is 0 Å². The van der Waals surface area contributed by atoms with Crippen LogP contribution in [-0.4, -0.2) is 71.8 Å². The SMILES string of the molecule is CCN(CC)CC(=O)N1CCN(C(=O)c2ccc3c(c2)CCC3)C(C2CC2)C1. The smallest absolute Gasteiger partial charge is 0.254 e. The molecule has 152 valence electrons. The normalized spacial score (nSPS) is 21.9. The van der Waals surface area contributed by atoms with Gasteiger partial charge in [0.15, 0.2) is 0 Å². The lowest BCUT2D eigenvalue weighted by atomic mass is 10.0. The molecule has 1 unspecified atom stereocenters. The third kappa shape index (κ3) is 3.95. The molecule has 3 aliphatic rings. The number of aryl methyl sites for hydroxylation is 2. The van der Waals surface area contributed by atoms with E-state index in [1.807, 2.05) is 11.0 Å². The third-order valence-electron chi connectivity index (χ3n) is 6.80. The standard InChI is InChI=1S/C23H33N3O2/c1-3-24(4-2)16-22(27)25-12-13-26(21(15-25)18-9-10-18)23(28)20-11-8-17-6-5-7-19(17)14-20/h8,11,14,18,21H,3-7,9-10,12-13,15-16H2,1-2H3. The third-order valence-corrected chi connectivity index (χ3v) is 6.80. The maximum Gasteiger partial charge on any atom is 0.254 e. The van der Waals surface area contributed by atoms with E-state index < -0.39 is 0 Å². The molecule has 4 rings (SSSR count). The molecule has 2 fully saturated rings. The number of piperazine rings is 1. The van der Waals surface area contributed by atoms with Crippen LogP contribution in [0.1, 0.15) is 54.6 Å². The van der Waals surface area contributed by atoms with E-state index in [0.29, 0.717) is 32.1 Å². The minimum absolute atomic E-state index is 0.155. The topological polar surface area (TPSA) is 43.9 Å². The molecule has 5 nitrogen and oxygen atoms in total. The number of hydrogen-bond acceptors (Lipinski definition) is 3. The summed E-state index contributed by atoms with van der Waals surface area (Å²) in [5, 5.41) is 0. The highest BCUT2D eigenvalue weighted by molar-refractivity contribution is 5.95. The van der Waals surface area contributed by atoms with E-state index in [-0.39, 0.29) is 17.9 Å². The first-order valence-electron chi connectivity index (χ1n) is 11.0. The average molecular weight is 384 g/mol. The number of rotatable bonds is 6. The number of benzene rings is 1. The molecule has 0 aromatic heterocycles. The maximum atomic E-state index is 13.3. The van der Waals surface area contributed by atoms with Crippen LogP contribution in [0.2, 0.25) is 0 Å². The van der Waals surface area contributed by atoms with Crippen molar-refractivity contribution in [3.63, 3.8) is 0 Å². The molecule has 0 radical (unpaired) electrons. The average Bonchev–Trinajstić information content (AvgIpc) is 3.47. The van der Waals surface area contributed by atoms with Gasteiger partial charge < -0.3 is 9.80 Å². The van der Waals surface area contributed by atoms with Crippen molar-refractivity contribution in [2.75, 3.05) is 39.3 Å². The Bertz CT molecular complexity index is 739. The van der Waals surface area contributed by atoms with Crippen LogP contribution in [0.4, 0.5) is 0 Å². The van der Waals surface area contributed by atoms with Gasteiger partial charge in [-0.2, -0.15) is 0 Å². The minimum atomic E-state index is 0.155. The molecule has 28 heavy (non-hydrogen) atoms. The highest BCUT2D eigenvalue weighted by atomic mass is 16.2. The lowest BCUT2D eigenvalue weighted by Gasteiger charge is -2.42. The molecule has 0 bridgehead atoms. The van der Waals surface area contributed by atoms with Gasteiger partial charge in [-0.25, -0.2) is 0 Å². The van der Waals surface area contributed by atoms with Crippen LogP contribution in [0.3, 0.4) is 0 Å².